The van der Waals surface area contributed by atoms with Crippen molar-refractivity contribution in [2.24, 2.45) is 11.8 Å². The Hall–Kier alpha value is -5.66. The minimum atomic E-state index is -1.38. The predicted molar refractivity (Wildman–Crippen MR) is 198 cm³/mol. The van der Waals surface area contributed by atoms with Gasteiger partial charge in [0.2, 0.25) is 17.7 Å². The largest absolute Gasteiger partial charge is 0.455 e. The van der Waals surface area contributed by atoms with Gasteiger partial charge in [0, 0.05) is 13.0 Å². The monoisotopic (exact) mass is 732 g/mol. The Morgan fingerprint density at radius 2 is 1.72 bits per heavy atom. The molecule has 0 radical (unpaired) electrons. The van der Waals surface area contributed by atoms with E-state index in [9.17, 15) is 19.5 Å². The Balaban J connectivity index is 1.24. The number of hydrogen-bond acceptors (Lipinski definition) is 9. The number of likely N-dealkylation sites (tertiary alicyclic amines) is 1. The number of ether oxygens (including phenoxy) is 2. The molecule has 3 fully saturated rings. The molecular weight excluding hydrogens is 688 g/mol. The van der Waals surface area contributed by atoms with Crippen molar-refractivity contribution < 1.29 is 33.8 Å². The number of fused-ring (bicyclic) bond motifs is 2. The lowest BCUT2D eigenvalue weighted by molar-refractivity contribution is -0.161. The molecule has 4 aromatic rings. The number of aliphatic hydroxyl groups is 1. The Morgan fingerprint density at radius 1 is 1.02 bits per heavy atom. The molecule has 3 aliphatic heterocycles. The molecule has 0 saturated carbocycles. The van der Waals surface area contributed by atoms with Gasteiger partial charge in [0.1, 0.15) is 29.9 Å². The standard InChI is InChI=1S/C41H44N6O7/c1-3-5-20-34(49)42-24-33(28-16-10-7-11-17-28)53-40(52)35-32-21-22-41(54-32)36(35)38(50)47(31(25-48)27-14-8-6-9-15-27)37(41)39(51)45(23-4-2)26-46-30-19-13-12-18-29(30)43-44-46/h3-4,6-19,31-33,35-37,48H,1-2,5,20-26H2,(H,42,49)/t31-,32-,33-,35+,36+,37-,41+/m1/s1. The first-order valence-electron chi connectivity index (χ1n) is 18.3. The molecule has 54 heavy (non-hydrogen) atoms. The van der Waals surface area contributed by atoms with Gasteiger partial charge in [0.15, 0.2) is 0 Å². The number of benzene rings is 3. The van der Waals surface area contributed by atoms with Crippen LogP contribution < -0.4 is 5.32 Å². The first kappa shape index (κ1) is 36.7. The highest BCUT2D eigenvalue weighted by atomic mass is 16.6. The second kappa shape index (κ2) is 15.7. The van der Waals surface area contributed by atoms with E-state index in [1.54, 1.807) is 46.0 Å². The van der Waals surface area contributed by atoms with Crippen molar-refractivity contribution in [3.05, 3.63) is 121 Å². The molecule has 7 atom stereocenters. The van der Waals surface area contributed by atoms with Gasteiger partial charge < -0.3 is 29.7 Å². The third-order valence-electron chi connectivity index (χ3n) is 10.8. The van der Waals surface area contributed by atoms with Crippen LogP contribution in [0.1, 0.15) is 49.0 Å². The number of carbonyl (C=O) groups is 4. The summed E-state index contributed by atoms with van der Waals surface area (Å²) in [4.78, 5) is 60.0. The highest BCUT2D eigenvalue weighted by Crippen LogP contribution is 2.60. The van der Waals surface area contributed by atoms with Crippen molar-refractivity contribution in [1.29, 1.82) is 0 Å². The van der Waals surface area contributed by atoms with E-state index in [0.717, 1.165) is 5.52 Å². The van der Waals surface area contributed by atoms with E-state index >= 15 is 4.79 Å². The lowest BCUT2D eigenvalue weighted by Gasteiger charge is -2.39. The van der Waals surface area contributed by atoms with E-state index in [4.69, 9.17) is 9.47 Å². The molecule has 4 heterocycles. The number of nitrogens with one attached hydrogen (secondary N) is 1. The molecule has 1 aromatic heterocycles. The van der Waals surface area contributed by atoms with Crippen LogP contribution in [0.25, 0.3) is 11.0 Å². The maximum atomic E-state index is 15.1. The fourth-order valence-electron chi connectivity index (χ4n) is 8.38. The second-order valence-corrected chi connectivity index (χ2v) is 13.9. The van der Waals surface area contributed by atoms with E-state index in [0.29, 0.717) is 35.9 Å². The average molecular weight is 733 g/mol. The molecule has 3 amide bonds. The van der Waals surface area contributed by atoms with Crippen molar-refractivity contribution in [3.8, 4) is 0 Å². The maximum absolute atomic E-state index is 15.1. The topological polar surface area (TPSA) is 156 Å². The molecule has 2 N–H and O–H groups in total. The summed E-state index contributed by atoms with van der Waals surface area (Å²) in [6, 6.07) is 23.4. The molecule has 3 aromatic carbocycles. The molecular formula is C41H44N6O7. The highest BCUT2D eigenvalue weighted by molar-refractivity contribution is 5.98. The average Bonchev–Trinajstić information content (AvgIpc) is 3.96. The summed E-state index contributed by atoms with van der Waals surface area (Å²) < 4.78 is 14.5. The Labute approximate surface area is 313 Å². The summed E-state index contributed by atoms with van der Waals surface area (Å²) >= 11 is 0. The van der Waals surface area contributed by atoms with Gasteiger partial charge in [-0.2, -0.15) is 0 Å². The Morgan fingerprint density at radius 3 is 2.43 bits per heavy atom. The van der Waals surface area contributed by atoms with Crippen molar-refractivity contribution >= 4 is 34.7 Å². The van der Waals surface area contributed by atoms with E-state index in [2.05, 4.69) is 28.8 Å². The van der Waals surface area contributed by atoms with E-state index < -0.39 is 66.1 Å². The van der Waals surface area contributed by atoms with Gasteiger partial charge in [0.25, 0.3) is 0 Å². The smallest absolute Gasteiger partial charge is 0.313 e. The number of nitrogens with zero attached hydrogens (tertiary/aromatic N) is 5. The highest BCUT2D eigenvalue weighted by Gasteiger charge is 2.76. The van der Waals surface area contributed by atoms with Gasteiger partial charge in [-0.1, -0.05) is 90.2 Å². The fourth-order valence-corrected chi connectivity index (χ4v) is 8.38. The van der Waals surface area contributed by atoms with E-state index in [1.807, 2.05) is 60.7 Å². The van der Waals surface area contributed by atoms with E-state index in [1.165, 1.54) is 4.90 Å². The molecule has 3 saturated heterocycles. The number of hydrogen-bond donors (Lipinski definition) is 2. The van der Waals surface area contributed by atoms with Crippen LogP contribution in [-0.4, -0.2) is 91.0 Å². The first-order valence-corrected chi connectivity index (χ1v) is 18.3. The number of amides is 3. The molecule has 13 heteroatoms. The summed E-state index contributed by atoms with van der Waals surface area (Å²) in [5.41, 5.74) is 1.30. The van der Waals surface area contributed by atoms with Crippen LogP contribution >= 0.6 is 0 Å². The summed E-state index contributed by atoms with van der Waals surface area (Å²) in [6.45, 7) is 7.23. The summed E-state index contributed by atoms with van der Waals surface area (Å²) in [6.07, 6.45) is 3.23. The quantitative estimate of drug-likeness (QED) is 0.129. The van der Waals surface area contributed by atoms with Crippen LogP contribution in [0.4, 0.5) is 0 Å². The number of rotatable bonds is 16. The number of aliphatic hydroxyl groups excluding tert-OH is 1. The normalized spacial score (nSPS) is 23.8. The molecule has 0 aliphatic carbocycles. The van der Waals surface area contributed by atoms with Gasteiger partial charge in [-0.3, -0.25) is 19.2 Å². The second-order valence-electron chi connectivity index (χ2n) is 13.9. The molecule has 2 bridgehead atoms. The van der Waals surface area contributed by atoms with Gasteiger partial charge in [-0.05, 0) is 42.5 Å². The third-order valence-corrected chi connectivity index (χ3v) is 10.8. The van der Waals surface area contributed by atoms with Crippen molar-refractivity contribution in [3.63, 3.8) is 0 Å². The number of allylic oxidation sites excluding steroid dienone is 1. The Kier molecular flexibility index (Phi) is 10.7. The number of aromatic nitrogens is 3. The van der Waals surface area contributed by atoms with Crippen LogP contribution in [-0.2, 0) is 35.3 Å². The molecule has 0 unspecified atom stereocenters. The van der Waals surface area contributed by atoms with Gasteiger partial charge >= 0.3 is 5.97 Å². The van der Waals surface area contributed by atoms with Crippen molar-refractivity contribution in [2.75, 3.05) is 19.7 Å². The summed E-state index contributed by atoms with van der Waals surface area (Å²) in [5.74, 6) is -3.86. The molecule has 280 valence electrons. The third kappa shape index (κ3) is 6.69. The van der Waals surface area contributed by atoms with Gasteiger partial charge in [0.05, 0.1) is 42.6 Å². The minimum Gasteiger partial charge on any atom is -0.455 e. The molecule has 3 aliphatic rings. The molecule has 1 spiro atoms. The van der Waals surface area contributed by atoms with Crippen molar-refractivity contribution in [1.82, 2.24) is 30.1 Å². The number of carbonyl (C=O) groups excluding carboxylic acids is 4. The lowest BCUT2D eigenvalue weighted by Crippen LogP contribution is -2.57. The summed E-state index contributed by atoms with van der Waals surface area (Å²) in [7, 11) is 0. The van der Waals surface area contributed by atoms with Crippen molar-refractivity contribution in [2.45, 2.75) is 62.2 Å². The fraction of sp³-hybridized carbons (Fsp3) is 0.366. The van der Waals surface area contributed by atoms with Crippen LogP contribution in [0.15, 0.2) is 110 Å². The Bertz CT molecular complexity index is 2020. The van der Waals surface area contributed by atoms with Crippen LogP contribution in [0, 0.1) is 11.8 Å². The van der Waals surface area contributed by atoms with E-state index in [-0.39, 0.29) is 32.1 Å². The molecule has 13 nitrogen and oxygen atoms in total. The van der Waals surface area contributed by atoms with Gasteiger partial charge in [-0.25, -0.2) is 4.68 Å². The number of para-hydroxylation sites is 1. The zero-order valence-corrected chi connectivity index (χ0v) is 29.9. The SMILES string of the molecule is C=CCCC(=O)NC[C@@H](OC(=O)[C@@H]1[C@H]2C(=O)N([C@H](CO)c3ccccc3)[C@H](C(=O)N(CC=C)Cn3nnc4ccccc43)[C@]23CC[C@H]1O3)c1ccccc1. The molecule has 7 rings (SSSR count). The number of esters is 1. The van der Waals surface area contributed by atoms with Crippen LogP contribution in [0.5, 0.6) is 0 Å². The zero-order valence-electron chi connectivity index (χ0n) is 29.9. The summed E-state index contributed by atoms with van der Waals surface area (Å²) in [5, 5.41) is 22.3. The van der Waals surface area contributed by atoms with Gasteiger partial charge in [-0.15, -0.1) is 18.3 Å². The van der Waals surface area contributed by atoms with Crippen LogP contribution in [0.3, 0.4) is 0 Å². The first-order chi connectivity index (χ1) is 26.3. The maximum Gasteiger partial charge on any atom is 0.313 e. The minimum absolute atomic E-state index is 0.00590. The zero-order chi connectivity index (χ0) is 37.8. The lowest BCUT2D eigenvalue weighted by atomic mass is 9.70. The van der Waals surface area contributed by atoms with Crippen LogP contribution in [0.2, 0.25) is 0 Å². The predicted octanol–water partition coefficient (Wildman–Crippen LogP) is 3.88.